The number of hydrogen-bond donors (Lipinski definition) is 2. The molecule has 2 aliphatic heterocycles. The van der Waals surface area contributed by atoms with Crippen LogP contribution in [0.3, 0.4) is 0 Å². The average molecular weight is 488 g/mol. The van der Waals surface area contributed by atoms with Crippen LogP contribution in [0.5, 0.6) is 0 Å². The fourth-order valence-electron chi connectivity index (χ4n) is 5.59. The van der Waals surface area contributed by atoms with Gasteiger partial charge >= 0.3 is 0 Å². The van der Waals surface area contributed by atoms with Gasteiger partial charge in [-0.05, 0) is 30.1 Å². The molecule has 0 radical (unpaired) electrons. The summed E-state index contributed by atoms with van der Waals surface area (Å²) in [5.74, 6) is -0.760. The summed E-state index contributed by atoms with van der Waals surface area (Å²) in [6, 6.07) is 22.9. The fraction of sp³-hybridized carbons (Fsp3) is 0.259. The van der Waals surface area contributed by atoms with Crippen molar-refractivity contribution in [3.63, 3.8) is 0 Å². The van der Waals surface area contributed by atoms with E-state index in [0.717, 1.165) is 17.7 Å². The summed E-state index contributed by atoms with van der Waals surface area (Å²) in [5, 5.41) is 18.1. The largest absolute Gasteiger partial charge is 0.324 e. The summed E-state index contributed by atoms with van der Waals surface area (Å²) in [6.07, 6.45) is 2.76. The van der Waals surface area contributed by atoms with Crippen molar-refractivity contribution in [1.82, 2.24) is 5.32 Å². The van der Waals surface area contributed by atoms with Crippen molar-refractivity contribution in [3.05, 3.63) is 106 Å². The van der Waals surface area contributed by atoms with Crippen molar-refractivity contribution >= 4 is 34.8 Å². The van der Waals surface area contributed by atoms with Gasteiger partial charge in [-0.3, -0.25) is 25.0 Å². The van der Waals surface area contributed by atoms with Crippen molar-refractivity contribution < 1.29 is 14.5 Å². The number of carbonyl (C=O) groups excluding carboxylic acids is 2. The first-order valence-electron chi connectivity index (χ1n) is 11.5. The minimum absolute atomic E-state index is 0.115. The molecule has 1 saturated heterocycles. The topological polar surface area (TPSA) is 101 Å². The first-order valence-corrected chi connectivity index (χ1v) is 12.9. The Labute approximate surface area is 207 Å². The minimum atomic E-state index is -1.42. The van der Waals surface area contributed by atoms with Crippen LogP contribution in [0.15, 0.2) is 78.9 Å². The minimum Gasteiger partial charge on any atom is -0.324 e. The zero-order valence-corrected chi connectivity index (χ0v) is 20.0. The molecule has 7 nitrogen and oxygen atoms in total. The highest BCUT2D eigenvalue weighted by Crippen LogP contribution is 2.54. The Morgan fingerprint density at radius 2 is 1.74 bits per heavy atom. The molecule has 178 valence electrons. The Morgan fingerprint density at radius 1 is 1.06 bits per heavy atom. The molecule has 2 aliphatic rings. The van der Waals surface area contributed by atoms with Crippen LogP contribution in [0, 0.1) is 16.0 Å². The second-order valence-corrected chi connectivity index (χ2v) is 9.91. The van der Waals surface area contributed by atoms with Crippen LogP contribution >= 0.6 is 11.8 Å². The van der Waals surface area contributed by atoms with E-state index < -0.39 is 16.4 Å². The SMILES string of the molecule is CSCCC1NC2(C(=O)Nc3ccc([N+](=O)[O-])cc32)C(C(=O)c2ccccc2)C1c1ccccc1. The van der Waals surface area contributed by atoms with E-state index in [2.05, 4.69) is 10.6 Å². The first-order chi connectivity index (χ1) is 17.0. The predicted molar refractivity (Wildman–Crippen MR) is 137 cm³/mol. The summed E-state index contributed by atoms with van der Waals surface area (Å²) in [4.78, 5) is 39.2. The highest BCUT2D eigenvalue weighted by atomic mass is 32.2. The van der Waals surface area contributed by atoms with Gasteiger partial charge in [0.05, 0.1) is 10.8 Å². The lowest BCUT2D eigenvalue weighted by molar-refractivity contribution is -0.384. The lowest BCUT2D eigenvalue weighted by atomic mass is 9.69. The number of thioether (sulfide) groups is 1. The molecule has 2 N–H and O–H groups in total. The van der Waals surface area contributed by atoms with E-state index in [1.807, 2.05) is 42.7 Å². The van der Waals surface area contributed by atoms with E-state index in [4.69, 9.17) is 0 Å². The van der Waals surface area contributed by atoms with Gasteiger partial charge in [0.15, 0.2) is 5.78 Å². The van der Waals surface area contributed by atoms with Crippen LogP contribution < -0.4 is 10.6 Å². The van der Waals surface area contributed by atoms with Gasteiger partial charge in [-0.25, -0.2) is 0 Å². The Hall–Kier alpha value is -3.49. The van der Waals surface area contributed by atoms with E-state index >= 15 is 0 Å². The third kappa shape index (κ3) is 3.83. The summed E-state index contributed by atoms with van der Waals surface area (Å²) >= 11 is 1.70. The summed E-state index contributed by atoms with van der Waals surface area (Å²) in [6.45, 7) is 0. The number of non-ortho nitro benzene ring substituents is 1. The quantitative estimate of drug-likeness (QED) is 0.283. The molecule has 3 aromatic carbocycles. The van der Waals surface area contributed by atoms with Crippen LogP contribution in [-0.2, 0) is 10.3 Å². The maximum absolute atomic E-state index is 14.2. The third-order valence-electron chi connectivity index (χ3n) is 7.08. The van der Waals surface area contributed by atoms with Crippen molar-refractivity contribution in [1.29, 1.82) is 0 Å². The number of nitro benzene ring substituents is 1. The molecule has 0 saturated carbocycles. The molecule has 1 amide bonds. The number of anilines is 1. The van der Waals surface area contributed by atoms with Crippen molar-refractivity contribution in [2.75, 3.05) is 17.3 Å². The average Bonchev–Trinajstić information content (AvgIpc) is 3.37. The molecule has 8 heteroatoms. The van der Waals surface area contributed by atoms with E-state index in [9.17, 15) is 19.7 Å². The molecule has 0 aromatic heterocycles. The molecule has 2 heterocycles. The second-order valence-electron chi connectivity index (χ2n) is 8.93. The number of nitrogens with zero attached hydrogens (tertiary/aromatic N) is 1. The highest BCUT2D eigenvalue weighted by Gasteiger charge is 2.64. The van der Waals surface area contributed by atoms with Crippen molar-refractivity contribution in [2.24, 2.45) is 5.92 Å². The maximum atomic E-state index is 14.2. The van der Waals surface area contributed by atoms with E-state index in [0.29, 0.717) is 16.8 Å². The Bertz CT molecular complexity index is 1280. The Balaban J connectivity index is 1.75. The summed E-state index contributed by atoms with van der Waals surface area (Å²) in [5.41, 5.74) is 0.893. The van der Waals surface area contributed by atoms with Gasteiger partial charge in [-0.15, -0.1) is 0 Å². The molecule has 35 heavy (non-hydrogen) atoms. The van der Waals surface area contributed by atoms with Crippen LogP contribution in [-0.4, -0.2) is 34.7 Å². The van der Waals surface area contributed by atoms with Crippen molar-refractivity contribution in [2.45, 2.75) is 23.9 Å². The number of carbonyl (C=O) groups is 2. The number of benzene rings is 3. The van der Waals surface area contributed by atoms with Gasteiger partial charge < -0.3 is 5.32 Å². The number of nitro groups is 1. The zero-order valence-electron chi connectivity index (χ0n) is 19.1. The Morgan fingerprint density at radius 3 is 2.40 bits per heavy atom. The van der Waals surface area contributed by atoms with E-state index in [1.165, 1.54) is 12.1 Å². The predicted octanol–water partition coefficient (Wildman–Crippen LogP) is 4.75. The molecule has 3 aromatic rings. The molecule has 5 rings (SSSR count). The van der Waals surface area contributed by atoms with Crippen LogP contribution in [0.25, 0.3) is 0 Å². The van der Waals surface area contributed by atoms with Crippen LogP contribution in [0.1, 0.15) is 33.8 Å². The fourth-order valence-corrected chi connectivity index (χ4v) is 6.08. The number of hydrogen-bond acceptors (Lipinski definition) is 6. The molecule has 0 bridgehead atoms. The van der Waals surface area contributed by atoms with Crippen molar-refractivity contribution in [3.8, 4) is 0 Å². The van der Waals surface area contributed by atoms with E-state index in [-0.39, 0.29) is 29.3 Å². The zero-order chi connectivity index (χ0) is 24.6. The van der Waals surface area contributed by atoms with Gasteiger partial charge in [-0.1, -0.05) is 60.7 Å². The van der Waals surface area contributed by atoms with Crippen LogP contribution in [0.2, 0.25) is 0 Å². The summed E-state index contributed by atoms with van der Waals surface area (Å²) in [7, 11) is 0. The molecule has 1 fully saturated rings. The number of amides is 1. The molecule has 1 spiro atoms. The van der Waals surface area contributed by atoms with Gasteiger partial charge in [-0.2, -0.15) is 11.8 Å². The lowest BCUT2D eigenvalue weighted by Gasteiger charge is -2.31. The first kappa shape index (κ1) is 23.3. The van der Waals surface area contributed by atoms with Gasteiger partial charge in [0.2, 0.25) is 5.91 Å². The number of nitrogens with one attached hydrogen (secondary N) is 2. The normalized spacial score (nSPS) is 24.8. The molecular weight excluding hydrogens is 462 g/mol. The highest BCUT2D eigenvalue weighted by molar-refractivity contribution is 7.98. The van der Waals surface area contributed by atoms with E-state index in [1.54, 1.807) is 42.1 Å². The lowest BCUT2D eigenvalue weighted by Crippen LogP contribution is -2.51. The number of ketones is 1. The standard InChI is InChI=1S/C27H25N3O4S/c1-35-15-14-22-23(17-8-4-2-5-9-17)24(25(31)18-10-6-3-7-11-18)27(29-22)20-16-19(30(33)34)12-13-21(20)28-26(27)32/h2-13,16,22-24,29H,14-15H2,1H3,(H,28,32). The molecular formula is C27H25N3O4S. The number of Topliss-reactive ketones (excluding diaryl/α,β-unsaturated/α-hetero) is 1. The number of rotatable bonds is 7. The van der Waals surface area contributed by atoms with Gasteiger partial charge in [0.25, 0.3) is 5.69 Å². The third-order valence-corrected chi connectivity index (χ3v) is 7.72. The monoisotopic (exact) mass is 487 g/mol. The molecule has 4 unspecified atom stereocenters. The number of fused-ring (bicyclic) bond motifs is 2. The summed E-state index contributed by atoms with van der Waals surface area (Å²) < 4.78 is 0. The second kappa shape index (κ2) is 9.28. The smallest absolute Gasteiger partial charge is 0.269 e. The molecule has 0 aliphatic carbocycles. The van der Waals surface area contributed by atoms with Crippen LogP contribution in [0.4, 0.5) is 11.4 Å². The molecule has 4 atom stereocenters. The Kier molecular flexibility index (Phi) is 6.17. The van der Waals surface area contributed by atoms with Gasteiger partial charge in [0.1, 0.15) is 5.54 Å². The van der Waals surface area contributed by atoms with Gasteiger partial charge in [0, 0.05) is 40.9 Å². The maximum Gasteiger partial charge on any atom is 0.269 e.